The number of hydrogen-bond acceptors (Lipinski definition) is 5. The van der Waals surface area contributed by atoms with Gasteiger partial charge in [0.25, 0.3) is 5.91 Å². The molecule has 0 radical (unpaired) electrons. The highest BCUT2D eigenvalue weighted by atomic mass is 32.2. The molecule has 0 heterocycles. The Labute approximate surface area is 185 Å². The Morgan fingerprint density at radius 2 is 1.74 bits per heavy atom. The number of hydrogen-bond donors (Lipinski definition) is 2. The lowest BCUT2D eigenvalue weighted by Crippen LogP contribution is -2.28. The molecule has 0 aliphatic carbocycles. The van der Waals surface area contributed by atoms with Gasteiger partial charge in [0.05, 0.1) is 11.5 Å². The van der Waals surface area contributed by atoms with Crippen LogP contribution in [0.3, 0.4) is 0 Å². The van der Waals surface area contributed by atoms with Crippen LogP contribution in [0.25, 0.3) is 0 Å². The molecule has 0 saturated carbocycles. The van der Waals surface area contributed by atoms with E-state index in [-0.39, 0.29) is 24.0 Å². The number of rotatable bonds is 12. The fourth-order valence-electron chi connectivity index (χ4n) is 3.22. The SMILES string of the molecule is CCN(CC)Cc1ccccc1CNC(=O)c1cc(S(=O)(=O)NCCOC)ccc1C. The summed E-state index contributed by atoms with van der Waals surface area (Å²) in [7, 11) is -2.21. The average molecular weight is 448 g/mol. The lowest BCUT2D eigenvalue weighted by Gasteiger charge is -2.20. The molecule has 0 bridgehead atoms. The Morgan fingerprint density at radius 3 is 2.39 bits per heavy atom. The van der Waals surface area contributed by atoms with Gasteiger partial charge in [0.2, 0.25) is 10.0 Å². The van der Waals surface area contributed by atoms with E-state index in [1.165, 1.54) is 24.8 Å². The highest BCUT2D eigenvalue weighted by Gasteiger charge is 2.18. The van der Waals surface area contributed by atoms with Gasteiger partial charge in [0, 0.05) is 32.3 Å². The molecule has 0 fully saturated rings. The molecule has 2 aromatic carbocycles. The molecule has 0 unspecified atom stereocenters. The quantitative estimate of drug-likeness (QED) is 0.489. The summed E-state index contributed by atoms with van der Waals surface area (Å²) in [6.07, 6.45) is 0. The highest BCUT2D eigenvalue weighted by molar-refractivity contribution is 7.89. The number of nitrogens with one attached hydrogen (secondary N) is 2. The van der Waals surface area contributed by atoms with Gasteiger partial charge in [-0.25, -0.2) is 13.1 Å². The van der Waals surface area contributed by atoms with Crippen LogP contribution in [0.2, 0.25) is 0 Å². The topological polar surface area (TPSA) is 87.7 Å². The normalized spacial score (nSPS) is 11.6. The summed E-state index contributed by atoms with van der Waals surface area (Å²) in [6.45, 7) is 9.58. The van der Waals surface area contributed by atoms with E-state index in [1.807, 2.05) is 18.2 Å². The van der Waals surface area contributed by atoms with Gasteiger partial charge in [-0.2, -0.15) is 0 Å². The minimum atomic E-state index is -3.71. The van der Waals surface area contributed by atoms with Crippen LogP contribution >= 0.6 is 0 Å². The van der Waals surface area contributed by atoms with E-state index >= 15 is 0 Å². The van der Waals surface area contributed by atoms with Crippen molar-refractivity contribution in [2.75, 3.05) is 33.4 Å². The molecule has 0 saturated heterocycles. The number of nitrogens with zero attached hydrogens (tertiary/aromatic N) is 1. The van der Waals surface area contributed by atoms with Crippen molar-refractivity contribution in [2.45, 2.75) is 38.8 Å². The zero-order valence-electron chi connectivity index (χ0n) is 18.8. The van der Waals surface area contributed by atoms with Crippen LogP contribution in [-0.2, 0) is 27.8 Å². The fourth-order valence-corrected chi connectivity index (χ4v) is 4.26. The minimum Gasteiger partial charge on any atom is -0.383 e. The Hall–Kier alpha value is -2.26. The maximum Gasteiger partial charge on any atom is 0.251 e. The van der Waals surface area contributed by atoms with Gasteiger partial charge >= 0.3 is 0 Å². The van der Waals surface area contributed by atoms with Gasteiger partial charge in [-0.1, -0.05) is 44.2 Å². The largest absolute Gasteiger partial charge is 0.383 e. The number of ether oxygens (including phenoxy) is 1. The van der Waals surface area contributed by atoms with Crippen molar-refractivity contribution in [2.24, 2.45) is 0 Å². The number of methoxy groups -OCH3 is 1. The molecule has 2 N–H and O–H groups in total. The summed E-state index contributed by atoms with van der Waals surface area (Å²) in [4.78, 5) is 15.2. The second kappa shape index (κ2) is 12.0. The van der Waals surface area contributed by atoms with Crippen LogP contribution in [0.15, 0.2) is 47.4 Å². The van der Waals surface area contributed by atoms with Gasteiger partial charge in [-0.3, -0.25) is 9.69 Å². The van der Waals surface area contributed by atoms with Crippen molar-refractivity contribution in [1.29, 1.82) is 0 Å². The predicted octanol–water partition coefficient (Wildman–Crippen LogP) is 2.69. The molecule has 8 heteroatoms. The first-order valence-corrected chi connectivity index (χ1v) is 12.0. The molecular formula is C23H33N3O4S. The maximum absolute atomic E-state index is 12.9. The van der Waals surface area contributed by atoms with Crippen molar-refractivity contribution >= 4 is 15.9 Å². The minimum absolute atomic E-state index is 0.0567. The monoisotopic (exact) mass is 447 g/mol. The van der Waals surface area contributed by atoms with E-state index in [2.05, 4.69) is 34.9 Å². The lowest BCUT2D eigenvalue weighted by molar-refractivity contribution is 0.0950. The van der Waals surface area contributed by atoms with Crippen molar-refractivity contribution in [3.63, 3.8) is 0 Å². The second-order valence-electron chi connectivity index (χ2n) is 7.28. The second-order valence-corrected chi connectivity index (χ2v) is 9.05. The smallest absolute Gasteiger partial charge is 0.251 e. The summed E-state index contributed by atoms with van der Waals surface area (Å²) >= 11 is 0. The summed E-state index contributed by atoms with van der Waals surface area (Å²) < 4.78 is 32.3. The molecule has 1 amide bonds. The molecule has 31 heavy (non-hydrogen) atoms. The van der Waals surface area contributed by atoms with Crippen LogP contribution < -0.4 is 10.0 Å². The van der Waals surface area contributed by atoms with Gasteiger partial charge < -0.3 is 10.1 Å². The lowest BCUT2D eigenvalue weighted by atomic mass is 10.1. The summed E-state index contributed by atoms with van der Waals surface area (Å²) in [6, 6.07) is 12.6. The van der Waals surface area contributed by atoms with E-state index in [9.17, 15) is 13.2 Å². The van der Waals surface area contributed by atoms with Crippen molar-refractivity contribution in [3.8, 4) is 0 Å². The Balaban J connectivity index is 2.15. The first kappa shape index (κ1) is 25.0. The van der Waals surface area contributed by atoms with Gasteiger partial charge in [0.15, 0.2) is 0 Å². The third-order valence-electron chi connectivity index (χ3n) is 5.21. The van der Waals surface area contributed by atoms with E-state index < -0.39 is 10.0 Å². The number of sulfonamides is 1. The van der Waals surface area contributed by atoms with Crippen LogP contribution in [-0.4, -0.2) is 52.6 Å². The number of carbonyl (C=O) groups excluding carboxylic acids is 1. The zero-order chi connectivity index (χ0) is 22.9. The molecule has 0 atom stereocenters. The zero-order valence-corrected chi connectivity index (χ0v) is 19.6. The van der Waals surface area contributed by atoms with Crippen molar-refractivity contribution in [3.05, 3.63) is 64.7 Å². The summed E-state index contributed by atoms with van der Waals surface area (Å²) in [5, 5.41) is 2.94. The number of aryl methyl sites for hydroxylation is 1. The first-order valence-electron chi connectivity index (χ1n) is 10.5. The Bertz CT molecular complexity index is 973. The third-order valence-corrected chi connectivity index (χ3v) is 6.67. The van der Waals surface area contributed by atoms with Gasteiger partial charge in [-0.05, 0) is 48.8 Å². The fraction of sp³-hybridized carbons (Fsp3) is 0.435. The Morgan fingerprint density at radius 1 is 1.06 bits per heavy atom. The van der Waals surface area contributed by atoms with Crippen LogP contribution in [0.5, 0.6) is 0 Å². The molecular weight excluding hydrogens is 414 g/mol. The summed E-state index contributed by atoms with van der Waals surface area (Å²) in [5.41, 5.74) is 3.27. The molecule has 0 aromatic heterocycles. The molecule has 0 aliphatic rings. The van der Waals surface area contributed by atoms with Crippen molar-refractivity contribution < 1.29 is 17.9 Å². The highest BCUT2D eigenvalue weighted by Crippen LogP contribution is 2.17. The van der Waals surface area contributed by atoms with E-state index in [4.69, 9.17) is 4.74 Å². The third kappa shape index (κ3) is 7.14. The summed E-state index contributed by atoms with van der Waals surface area (Å²) in [5.74, 6) is -0.302. The number of amides is 1. The van der Waals surface area contributed by atoms with Gasteiger partial charge in [-0.15, -0.1) is 0 Å². The standard InChI is InChI=1S/C23H33N3O4S/c1-5-26(6-2)17-20-10-8-7-9-19(20)16-24-23(27)22-15-21(12-11-18(22)3)31(28,29)25-13-14-30-4/h7-12,15,25H,5-6,13-14,16-17H2,1-4H3,(H,24,27). The molecule has 0 aliphatic heterocycles. The van der Waals surface area contributed by atoms with Crippen LogP contribution in [0.4, 0.5) is 0 Å². The molecule has 170 valence electrons. The molecule has 2 rings (SSSR count). The molecule has 0 spiro atoms. The van der Waals surface area contributed by atoms with Gasteiger partial charge in [0.1, 0.15) is 0 Å². The van der Waals surface area contributed by atoms with E-state index in [0.29, 0.717) is 17.7 Å². The molecule has 7 nitrogen and oxygen atoms in total. The average Bonchev–Trinajstić information content (AvgIpc) is 2.76. The van der Waals surface area contributed by atoms with E-state index in [0.717, 1.165) is 25.2 Å². The number of benzene rings is 2. The van der Waals surface area contributed by atoms with E-state index in [1.54, 1.807) is 13.0 Å². The van der Waals surface area contributed by atoms with Crippen LogP contribution in [0, 0.1) is 6.92 Å². The predicted molar refractivity (Wildman–Crippen MR) is 122 cm³/mol. The Kier molecular flexibility index (Phi) is 9.64. The maximum atomic E-state index is 12.9. The van der Waals surface area contributed by atoms with Crippen molar-refractivity contribution in [1.82, 2.24) is 14.9 Å². The number of carbonyl (C=O) groups is 1. The molecule has 2 aromatic rings. The van der Waals surface area contributed by atoms with Crippen LogP contribution in [0.1, 0.15) is 40.9 Å². The first-order chi connectivity index (χ1) is 14.8.